The molecule has 8 heteroatoms. The Morgan fingerprint density at radius 2 is 1.56 bits per heavy atom. The summed E-state index contributed by atoms with van der Waals surface area (Å²) >= 11 is 1.41. The molecule has 0 saturated heterocycles. The first-order chi connectivity index (χ1) is 18.7. The van der Waals surface area contributed by atoms with E-state index in [2.05, 4.69) is 17.2 Å². The van der Waals surface area contributed by atoms with E-state index in [1.807, 2.05) is 38.1 Å². The highest BCUT2D eigenvalue weighted by molar-refractivity contribution is 8.13. The number of amides is 1. The number of carbonyl (C=O) groups is 2. The molecular formula is C31H40N2O5S. The van der Waals surface area contributed by atoms with Gasteiger partial charge in [0.05, 0.1) is 17.1 Å². The van der Waals surface area contributed by atoms with E-state index in [-0.39, 0.29) is 23.3 Å². The van der Waals surface area contributed by atoms with Crippen molar-refractivity contribution < 1.29 is 19.2 Å². The highest BCUT2D eigenvalue weighted by Crippen LogP contribution is 2.21. The fourth-order valence-corrected chi connectivity index (χ4v) is 4.49. The first kappa shape index (κ1) is 32.1. The molecule has 0 spiro atoms. The van der Waals surface area contributed by atoms with Gasteiger partial charge in [0, 0.05) is 36.4 Å². The standard InChI is InChI=1S/C31H40N2O5S/c1-25(34)39-23-13-9-7-5-4-6-8-10-16-30(35)32-28-19-17-26(18-20-28)21-22-31(2,3)38-24-27-14-11-12-15-29(27)33(36)37/h11-12,14-15,17-20H,4-10,13,16,23-24H2,1-3H3,(H,32,35). The Morgan fingerprint density at radius 3 is 2.21 bits per heavy atom. The third-order valence-electron chi connectivity index (χ3n) is 6.06. The lowest BCUT2D eigenvalue weighted by molar-refractivity contribution is -0.386. The van der Waals surface area contributed by atoms with E-state index < -0.39 is 10.5 Å². The van der Waals surface area contributed by atoms with Crippen LogP contribution >= 0.6 is 11.8 Å². The van der Waals surface area contributed by atoms with Crippen LogP contribution in [0.5, 0.6) is 0 Å². The third kappa shape index (κ3) is 14.0. The zero-order valence-electron chi connectivity index (χ0n) is 23.3. The van der Waals surface area contributed by atoms with Crippen molar-refractivity contribution in [1.82, 2.24) is 0 Å². The van der Waals surface area contributed by atoms with Gasteiger partial charge < -0.3 is 10.1 Å². The Balaban J connectivity index is 1.65. The number of benzene rings is 2. The van der Waals surface area contributed by atoms with E-state index in [0.29, 0.717) is 12.0 Å². The molecule has 0 aliphatic carbocycles. The highest BCUT2D eigenvalue weighted by atomic mass is 32.2. The molecule has 210 valence electrons. The summed E-state index contributed by atoms with van der Waals surface area (Å²) in [6, 6.07) is 13.9. The Bertz CT molecular complexity index is 1140. The van der Waals surface area contributed by atoms with Gasteiger partial charge in [-0.15, -0.1) is 0 Å². The van der Waals surface area contributed by atoms with Gasteiger partial charge in [-0.05, 0) is 57.0 Å². The van der Waals surface area contributed by atoms with Crippen LogP contribution in [0.15, 0.2) is 48.5 Å². The minimum atomic E-state index is -0.800. The molecule has 0 unspecified atom stereocenters. The number of nitro groups is 1. The Labute approximate surface area is 236 Å². The van der Waals surface area contributed by atoms with Crippen molar-refractivity contribution in [1.29, 1.82) is 0 Å². The SMILES string of the molecule is CC(=O)SCCCCCCCCCCC(=O)Nc1ccc(C#CC(C)(C)OCc2ccccc2[N+](=O)[O-])cc1. The maximum Gasteiger partial charge on any atom is 0.274 e. The monoisotopic (exact) mass is 552 g/mol. The summed E-state index contributed by atoms with van der Waals surface area (Å²) in [6.07, 6.45) is 9.49. The van der Waals surface area contributed by atoms with Crippen LogP contribution in [0.1, 0.15) is 89.7 Å². The van der Waals surface area contributed by atoms with Crippen LogP contribution in [0.2, 0.25) is 0 Å². The van der Waals surface area contributed by atoms with Gasteiger partial charge in [0.15, 0.2) is 5.12 Å². The number of carbonyl (C=O) groups excluding carboxylic acids is 2. The quantitative estimate of drug-likeness (QED) is 0.0993. The van der Waals surface area contributed by atoms with Gasteiger partial charge in [0.25, 0.3) is 5.69 Å². The Hall–Kier alpha value is -3.15. The molecule has 2 aromatic rings. The Morgan fingerprint density at radius 1 is 0.949 bits per heavy atom. The van der Waals surface area contributed by atoms with Gasteiger partial charge in [-0.3, -0.25) is 19.7 Å². The molecule has 0 bridgehead atoms. The molecule has 0 aliphatic heterocycles. The highest BCUT2D eigenvalue weighted by Gasteiger charge is 2.19. The lowest BCUT2D eigenvalue weighted by Crippen LogP contribution is -2.22. The molecule has 0 radical (unpaired) electrons. The van der Waals surface area contributed by atoms with Gasteiger partial charge in [-0.1, -0.05) is 74.3 Å². The first-order valence-electron chi connectivity index (χ1n) is 13.6. The average molecular weight is 553 g/mol. The molecule has 0 aliphatic rings. The molecular weight excluding hydrogens is 512 g/mol. The number of para-hydroxylation sites is 1. The molecule has 0 saturated carbocycles. The van der Waals surface area contributed by atoms with E-state index in [1.165, 1.54) is 43.5 Å². The number of hydrogen-bond acceptors (Lipinski definition) is 6. The maximum absolute atomic E-state index is 12.3. The fourth-order valence-electron chi connectivity index (χ4n) is 3.85. The normalized spacial score (nSPS) is 10.9. The molecule has 0 heterocycles. The summed E-state index contributed by atoms with van der Waals surface area (Å²) in [7, 11) is 0. The lowest BCUT2D eigenvalue weighted by Gasteiger charge is -2.18. The van der Waals surface area contributed by atoms with Crippen molar-refractivity contribution in [2.24, 2.45) is 0 Å². The summed E-state index contributed by atoms with van der Waals surface area (Å²) in [5.74, 6) is 7.10. The van der Waals surface area contributed by atoms with Gasteiger partial charge >= 0.3 is 0 Å². The molecule has 7 nitrogen and oxygen atoms in total. The lowest BCUT2D eigenvalue weighted by atomic mass is 10.1. The van der Waals surface area contributed by atoms with Crippen LogP contribution in [0.4, 0.5) is 11.4 Å². The number of thioether (sulfide) groups is 1. The van der Waals surface area contributed by atoms with E-state index >= 15 is 0 Å². The van der Waals surface area contributed by atoms with Crippen LogP contribution in [0.3, 0.4) is 0 Å². The smallest absolute Gasteiger partial charge is 0.274 e. The van der Waals surface area contributed by atoms with Crippen molar-refractivity contribution in [3.63, 3.8) is 0 Å². The number of ether oxygens (including phenoxy) is 1. The first-order valence-corrected chi connectivity index (χ1v) is 14.6. The fraction of sp³-hybridized carbons (Fsp3) is 0.484. The number of nitrogens with one attached hydrogen (secondary N) is 1. The van der Waals surface area contributed by atoms with Crippen LogP contribution in [0, 0.1) is 22.0 Å². The topological polar surface area (TPSA) is 98.5 Å². The zero-order valence-corrected chi connectivity index (χ0v) is 24.1. The summed E-state index contributed by atoms with van der Waals surface area (Å²) < 4.78 is 5.85. The third-order valence-corrected chi connectivity index (χ3v) is 6.96. The van der Waals surface area contributed by atoms with E-state index in [4.69, 9.17) is 4.74 Å². The predicted octanol–water partition coefficient (Wildman–Crippen LogP) is 7.67. The van der Waals surface area contributed by atoms with Crippen molar-refractivity contribution in [2.45, 2.75) is 90.8 Å². The van der Waals surface area contributed by atoms with Gasteiger partial charge in [0.1, 0.15) is 5.60 Å². The van der Waals surface area contributed by atoms with Gasteiger partial charge in [0.2, 0.25) is 5.91 Å². The van der Waals surface area contributed by atoms with Crippen molar-refractivity contribution in [2.75, 3.05) is 11.1 Å². The van der Waals surface area contributed by atoms with E-state index in [1.54, 1.807) is 25.1 Å². The molecule has 1 N–H and O–H groups in total. The largest absolute Gasteiger partial charge is 0.358 e. The predicted molar refractivity (Wildman–Crippen MR) is 159 cm³/mol. The van der Waals surface area contributed by atoms with E-state index in [0.717, 1.165) is 42.7 Å². The summed E-state index contributed by atoms with van der Waals surface area (Å²) in [5.41, 5.74) is 1.26. The molecule has 0 fully saturated rings. The molecule has 0 aromatic heterocycles. The van der Waals surface area contributed by atoms with E-state index in [9.17, 15) is 19.7 Å². The molecule has 1 amide bonds. The van der Waals surface area contributed by atoms with Crippen molar-refractivity contribution in [3.8, 4) is 11.8 Å². The van der Waals surface area contributed by atoms with Crippen LogP contribution in [-0.2, 0) is 20.9 Å². The number of nitrogens with zero attached hydrogens (tertiary/aromatic N) is 1. The second-order valence-electron chi connectivity index (χ2n) is 9.98. The summed E-state index contributed by atoms with van der Waals surface area (Å²) in [6.45, 7) is 5.35. The number of hydrogen-bond donors (Lipinski definition) is 1. The molecule has 2 rings (SSSR count). The summed E-state index contributed by atoms with van der Waals surface area (Å²) in [4.78, 5) is 33.9. The van der Waals surface area contributed by atoms with Crippen LogP contribution in [0.25, 0.3) is 0 Å². The zero-order chi connectivity index (χ0) is 28.5. The minimum absolute atomic E-state index is 0.0151. The van der Waals surface area contributed by atoms with Crippen LogP contribution in [-0.4, -0.2) is 27.3 Å². The summed E-state index contributed by atoms with van der Waals surface area (Å²) in [5, 5.41) is 14.3. The Kier molecular flexibility index (Phi) is 14.3. The molecule has 2 aromatic carbocycles. The number of nitro benzene ring substituents is 1. The second-order valence-corrected chi connectivity index (χ2v) is 11.3. The molecule has 0 atom stereocenters. The number of rotatable bonds is 16. The van der Waals surface area contributed by atoms with Crippen LogP contribution < -0.4 is 5.32 Å². The average Bonchev–Trinajstić information content (AvgIpc) is 2.90. The van der Waals surface area contributed by atoms with Gasteiger partial charge in [-0.25, -0.2) is 0 Å². The van der Waals surface area contributed by atoms with Crippen molar-refractivity contribution in [3.05, 3.63) is 69.8 Å². The molecule has 39 heavy (non-hydrogen) atoms. The second kappa shape index (κ2) is 17.4. The van der Waals surface area contributed by atoms with Crippen molar-refractivity contribution >= 4 is 34.2 Å². The number of unbranched alkanes of at least 4 members (excludes halogenated alkanes) is 7. The maximum atomic E-state index is 12.3. The van der Waals surface area contributed by atoms with Gasteiger partial charge in [-0.2, -0.15) is 0 Å². The number of anilines is 1. The minimum Gasteiger partial charge on any atom is -0.358 e.